The van der Waals surface area contributed by atoms with Crippen LogP contribution in [0.5, 0.6) is 0 Å². The number of hydrogen-bond donors (Lipinski definition) is 4. The molecule has 0 unspecified atom stereocenters. The lowest BCUT2D eigenvalue weighted by Gasteiger charge is -2.31. The van der Waals surface area contributed by atoms with Crippen molar-refractivity contribution in [1.82, 2.24) is 16.0 Å². The van der Waals surface area contributed by atoms with Crippen LogP contribution in [0.25, 0.3) is 0 Å². The Labute approximate surface area is 215 Å². The molecule has 1 aliphatic rings. The molecule has 0 aromatic heterocycles. The standard InChI is InChI=1S/C28H31N5O4/c34-27(29-22-14-8-3-9-15-22)31-25(20-10-4-1-5-11-20)26(21-12-6-2-7-13-21)32-28(35)30-23-16-18-24(19-17-23)33(36)37/h1-2,4-7,10-13,16-19,22,25-26H,3,8-9,14-15H2,(H2,29,31,34)(H2,30,32,35)/t25-,26-/m1/s1. The Morgan fingerprint density at radius 3 is 1.76 bits per heavy atom. The van der Waals surface area contributed by atoms with Gasteiger partial charge >= 0.3 is 12.1 Å². The Kier molecular flexibility index (Phi) is 8.70. The smallest absolute Gasteiger partial charge is 0.319 e. The second-order valence-electron chi connectivity index (χ2n) is 9.13. The zero-order chi connectivity index (χ0) is 26.0. The molecule has 1 fully saturated rings. The van der Waals surface area contributed by atoms with Gasteiger partial charge in [-0.3, -0.25) is 10.1 Å². The summed E-state index contributed by atoms with van der Waals surface area (Å²) < 4.78 is 0. The number of hydrogen-bond acceptors (Lipinski definition) is 4. The SMILES string of the molecule is O=C(Nc1ccc([N+](=O)[O-])cc1)N[C@H](c1ccccc1)[C@H](NC(=O)NC1CCCCC1)c1ccccc1. The molecule has 3 aromatic carbocycles. The summed E-state index contributed by atoms with van der Waals surface area (Å²) >= 11 is 0. The molecule has 192 valence electrons. The van der Waals surface area contributed by atoms with E-state index in [9.17, 15) is 19.7 Å². The number of rotatable bonds is 8. The van der Waals surface area contributed by atoms with Gasteiger partial charge in [-0.15, -0.1) is 0 Å². The van der Waals surface area contributed by atoms with Crippen molar-refractivity contribution in [3.63, 3.8) is 0 Å². The average Bonchev–Trinajstić information content (AvgIpc) is 2.92. The summed E-state index contributed by atoms with van der Waals surface area (Å²) in [5, 5.41) is 22.9. The third-order valence-electron chi connectivity index (χ3n) is 6.50. The zero-order valence-corrected chi connectivity index (χ0v) is 20.4. The van der Waals surface area contributed by atoms with Crippen LogP contribution < -0.4 is 21.3 Å². The quantitative estimate of drug-likeness (QED) is 0.229. The summed E-state index contributed by atoms with van der Waals surface area (Å²) in [4.78, 5) is 36.6. The van der Waals surface area contributed by atoms with E-state index in [1.165, 1.54) is 30.7 Å². The largest absolute Gasteiger partial charge is 0.335 e. The van der Waals surface area contributed by atoms with Crippen molar-refractivity contribution in [1.29, 1.82) is 0 Å². The highest BCUT2D eigenvalue weighted by Crippen LogP contribution is 2.29. The minimum atomic E-state index is -0.598. The van der Waals surface area contributed by atoms with Crippen molar-refractivity contribution >= 4 is 23.4 Å². The van der Waals surface area contributed by atoms with E-state index in [0.29, 0.717) is 5.69 Å². The highest BCUT2D eigenvalue weighted by atomic mass is 16.6. The summed E-state index contributed by atoms with van der Waals surface area (Å²) in [5.41, 5.74) is 2.00. The van der Waals surface area contributed by atoms with E-state index >= 15 is 0 Å². The number of nitrogens with zero attached hydrogens (tertiary/aromatic N) is 1. The Hall–Kier alpha value is -4.40. The minimum absolute atomic E-state index is 0.0644. The summed E-state index contributed by atoms with van der Waals surface area (Å²) in [7, 11) is 0. The first kappa shape index (κ1) is 25.7. The molecule has 9 heteroatoms. The number of carbonyl (C=O) groups is 2. The fourth-order valence-corrected chi connectivity index (χ4v) is 4.63. The molecule has 0 spiro atoms. The number of non-ortho nitro benzene ring substituents is 1. The predicted octanol–water partition coefficient (Wildman–Crippen LogP) is 5.83. The first-order valence-corrected chi connectivity index (χ1v) is 12.5. The molecule has 4 amide bonds. The second kappa shape index (κ2) is 12.5. The van der Waals surface area contributed by atoms with Gasteiger partial charge in [-0.25, -0.2) is 9.59 Å². The van der Waals surface area contributed by atoms with Gasteiger partial charge in [0.25, 0.3) is 5.69 Å². The van der Waals surface area contributed by atoms with Gasteiger partial charge in [0.15, 0.2) is 0 Å². The van der Waals surface area contributed by atoms with Crippen molar-refractivity contribution in [2.24, 2.45) is 0 Å². The molecule has 0 radical (unpaired) electrons. The van der Waals surface area contributed by atoms with Crippen LogP contribution in [0.1, 0.15) is 55.3 Å². The highest BCUT2D eigenvalue weighted by Gasteiger charge is 2.29. The van der Waals surface area contributed by atoms with Gasteiger partial charge in [0.2, 0.25) is 0 Å². The molecule has 0 saturated heterocycles. The number of urea groups is 2. The molecule has 37 heavy (non-hydrogen) atoms. The number of nitro benzene ring substituents is 1. The van der Waals surface area contributed by atoms with Crippen LogP contribution >= 0.6 is 0 Å². The zero-order valence-electron chi connectivity index (χ0n) is 20.4. The van der Waals surface area contributed by atoms with Crippen molar-refractivity contribution in [2.75, 3.05) is 5.32 Å². The summed E-state index contributed by atoms with van der Waals surface area (Å²) in [5.74, 6) is 0. The van der Waals surface area contributed by atoms with Gasteiger partial charge in [0.05, 0.1) is 17.0 Å². The highest BCUT2D eigenvalue weighted by molar-refractivity contribution is 5.89. The monoisotopic (exact) mass is 501 g/mol. The normalized spacial score (nSPS) is 15.1. The van der Waals surface area contributed by atoms with Crippen LogP contribution in [-0.4, -0.2) is 23.0 Å². The van der Waals surface area contributed by atoms with Crippen LogP contribution in [-0.2, 0) is 0 Å². The van der Waals surface area contributed by atoms with Gasteiger partial charge in [-0.05, 0) is 36.1 Å². The Morgan fingerprint density at radius 1 is 0.730 bits per heavy atom. The first-order valence-electron chi connectivity index (χ1n) is 12.5. The van der Waals surface area contributed by atoms with E-state index in [4.69, 9.17) is 0 Å². The van der Waals surface area contributed by atoms with Crippen molar-refractivity contribution in [3.8, 4) is 0 Å². The van der Waals surface area contributed by atoms with Crippen molar-refractivity contribution < 1.29 is 14.5 Å². The van der Waals surface area contributed by atoms with Gasteiger partial charge < -0.3 is 21.3 Å². The van der Waals surface area contributed by atoms with Gasteiger partial charge in [-0.1, -0.05) is 79.9 Å². The van der Waals surface area contributed by atoms with Crippen LogP contribution in [0.2, 0.25) is 0 Å². The van der Waals surface area contributed by atoms with E-state index in [-0.39, 0.29) is 17.8 Å². The minimum Gasteiger partial charge on any atom is -0.335 e. The Bertz CT molecular complexity index is 1180. The second-order valence-corrected chi connectivity index (χ2v) is 9.13. The summed E-state index contributed by atoms with van der Waals surface area (Å²) in [6, 6.07) is 22.7. The Morgan fingerprint density at radius 2 is 1.24 bits per heavy atom. The van der Waals surface area contributed by atoms with Crippen molar-refractivity contribution in [2.45, 2.75) is 50.2 Å². The molecule has 0 heterocycles. The molecule has 9 nitrogen and oxygen atoms in total. The molecule has 1 aliphatic carbocycles. The van der Waals surface area contributed by atoms with Gasteiger partial charge in [0, 0.05) is 23.9 Å². The van der Waals surface area contributed by atoms with Crippen molar-refractivity contribution in [3.05, 3.63) is 106 Å². The molecular weight excluding hydrogens is 470 g/mol. The molecule has 2 atom stereocenters. The molecular formula is C28H31N5O4. The predicted molar refractivity (Wildman–Crippen MR) is 142 cm³/mol. The lowest BCUT2D eigenvalue weighted by atomic mass is 9.93. The maximum Gasteiger partial charge on any atom is 0.319 e. The first-order chi connectivity index (χ1) is 18.0. The molecule has 3 aromatic rings. The molecule has 1 saturated carbocycles. The van der Waals surface area contributed by atoms with E-state index in [1.54, 1.807) is 0 Å². The third kappa shape index (κ3) is 7.30. The van der Waals surface area contributed by atoms with Crippen LogP contribution in [0, 0.1) is 10.1 Å². The fourth-order valence-electron chi connectivity index (χ4n) is 4.63. The molecule has 4 N–H and O–H groups in total. The number of carbonyl (C=O) groups excluding carboxylic acids is 2. The number of benzene rings is 3. The molecule has 0 bridgehead atoms. The number of nitro groups is 1. The van der Waals surface area contributed by atoms with E-state index in [2.05, 4.69) is 21.3 Å². The number of amides is 4. The van der Waals surface area contributed by atoms with Crippen LogP contribution in [0.3, 0.4) is 0 Å². The molecule has 0 aliphatic heterocycles. The topological polar surface area (TPSA) is 125 Å². The fraction of sp³-hybridized carbons (Fsp3) is 0.286. The van der Waals surface area contributed by atoms with E-state index in [0.717, 1.165) is 36.8 Å². The number of nitrogens with one attached hydrogen (secondary N) is 4. The third-order valence-corrected chi connectivity index (χ3v) is 6.50. The summed E-state index contributed by atoms with van der Waals surface area (Å²) in [6.45, 7) is 0. The number of anilines is 1. The summed E-state index contributed by atoms with van der Waals surface area (Å²) in [6.07, 6.45) is 5.31. The van der Waals surface area contributed by atoms with Crippen LogP contribution in [0.15, 0.2) is 84.9 Å². The van der Waals surface area contributed by atoms with Crippen LogP contribution in [0.4, 0.5) is 21.0 Å². The lowest BCUT2D eigenvalue weighted by Crippen LogP contribution is -2.48. The van der Waals surface area contributed by atoms with E-state index < -0.39 is 23.0 Å². The van der Waals surface area contributed by atoms with Gasteiger partial charge in [-0.2, -0.15) is 0 Å². The van der Waals surface area contributed by atoms with Gasteiger partial charge in [0.1, 0.15) is 0 Å². The maximum absolute atomic E-state index is 13.1. The Balaban J connectivity index is 1.56. The average molecular weight is 502 g/mol. The lowest BCUT2D eigenvalue weighted by molar-refractivity contribution is -0.384. The molecule has 4 rings (SSSR count). The van der Waals surface area contributed by atoms with E-state index in [1.807, 2.05) is 60.7 Å². The maximum atomic E-state index is 13.1.